The van der Waals surface area contributed by atoms with E-state index in [4.69, 9.17) is 11.6 Å². The largest absolute Gasteiger partial charge is 0.418 e. The van der Waals surface area contributed by atoms with E-state index in [1.807, 2.05) is 0 Å². The van der Waals surface area contributed by atoms with E-state index >= 15 is 0 Å². The van der Waals surface area contributed by atoms with Gasteiger partial charge in [0, 0.05) is 23.3 Å². The summed E-state index contributed by atoms with van der Waals surface area (Å²) in [5, 5.41) is 6.26. The highest BCUT2D eigenvalue weighted by atomic mass is 35.5. The standard InChI is InChI=1S/C13H16ClF3N2/c14-9-4-5-12(11(7-9)13(15,16)17)19-8-10-3-1-2-6-18-10/h4-5,7,10,18-19H,1-3,6,8H2. The van der Waals surface area contributed by atoms with Gasteiger partial charge >= 0.3 is 6.18 Å². The molecule has 2 rings (SSSR count). The van der Waals surface area contributed by atoms with E-state index in [1.165, 1.54) is 12.1 Å². The highest BCUT2D eigenvalue weighted by molar-refractivity contribution is 6.30. The number of hydrogen-bond donors (Lipinski definition) is 2. The summed E-state index contributed by atoms with van der Waals surface area (Å²) in [6.45, 7) is 1.42. The molecule has 19 heavy (non-hydrogen) atoms. The van der Waals surface area contributed by atoms with Crippen LogP contribution in [-0.4, -0.2) is 19.1 Å². The van der Waals surface area contributed by atoms with Crippen molar-refractivity contribution in [2.75, 3.05) is 18.4 Å². The summed E-state index contributed by atoms with van der Waals surface area (Å²) in [7, 11) is 0. The van der Waals surface area contributed by atoms with E-state index in [0.29, 0.717) is 6.54 Å². The molecule has 0 radical (unpaired) electrons. The van der Waals surface area contributed by atoms with Gasteiger partial charge in [-0.3, -0.25) is 0 Å². The molecule has 1 atom stereocenters. The maximum atomic E-state index is 12.9. The maximum Gasteiger partial charge on any atom is 0.418 e. The minimum atomic E-state index is -4.40. The molecule has 1 aromatic rings. The van der Waals surface area contributed by atoms with Gasteiger partial charge in [0.1, 0.15) is 0 Å². The molecule has 0 amide bonds. The Bertz CT molecular complexity index is 428. The van der Waals surface area contributed by atoms with Gasteiger partial charge in [0.05, 0.1) is 5.56 Å². The zero-order valence-corrected chi connectivity index (χ0v) is 11.1. The fourth-order valence-electron chi connectivity index (χ4n) is 2.24. The van der Waals surface area contributed by atoms with Crippen molar-refractivity contribution in [1.29, 1.82) is 0 Å². The molecule has 0 aliphatic carbocycles. The summed E-state index contributed by atoms with van der Waals surface area (Å²) in [6, 6.07) is 4.03. The lowest BCUT2D eigenvalue weighted by Crippen LogP contribution is -2.39. The van der Waals surface area contributed by atoms with E-state index in [2.05, 4.69) is 10.6 Å². The first-order chi connectivity index (χ1) is 8.97. The van der Waals surface area contributed by atoms with Crippen molar-refractivity contribution in [1.82, 2.24) is 5.32 Å². The van der Waals surface area contributed by atoms with E-state index in [0.717, 1.165) is 31.9 Å². The van der Waals surface area contributed by atoms with Crippen LogP contribution in [0.15, 0.2) is 18.2 Å². The molecule has 0 aromatic heterocycles. The van der Waals surface area contributed by atoms with Crippen molar-refractivity contribution in [3.8, 4) is 0 Å². The molecule has 0 spiro atoms. The predicted molar refractivity (Wildman–Crippen MR) is 70.6 cm³/mol. The molecule has 6 heteroatoms. The van der Waals surface area contributed by atoms with Gasteiger partial charge in [0.2, 0.25) is 0 Å². The van der Waals surface area contributed by atoms with E-state index < -0.39 is 11.7 Å². The highest BCUT2D eigenvalue weighted by Gasteiger charge is 2.33. The predicted octanol–water partition coefficient (Wildman–Crippen LogP) is 3.91. The third-order valence-electron chi connectivity index (χ3n) is 3.24. The molecule has 1 aliphatic rings. The highest BCUT2D eigenvalue weighted by Crippen LogP contribution is 2.36. The van der Waals surface area contributed by atoms with Crippen LogP contribution in [0.3, 0.4) is 0 Å². The van der Waals surface area contributed by atoms with Gasteiger partial charge in [0.15, 0.2) is 0 Å². The number of anilines is 1. The van der Waals surface area contributed by atoms with Gasteiger partial charge in [-0.05, 0) is 37.6 Å². The Morgan fingerprint density at radius 1 is 1.32 bits per heavy atom. The zero-order valence-electron chi connectivity index (χ0n) is 10.4. The minimum Gasteiger partial charge on any atom is -0.383 e. The van der Waals surface area contributed by atoms with E-state index in [1.54, 1.807) is 0 Å². The van der Waals surface area contributed by atoms with Crippen LogP contribution in [0.1, 0.15) is 24.8 Å². The average Bonchev–Trinajstić information content (AvgIpc) is 2.37. The lowest BCUT2D eigenvalue weighted by Gasteiger charge is -2.25. The molecular formula is C13H16ClF3N2. The average molecular weight is 293 g/mol. The zero-order chi connectivity index (χ0) is 13.9. The van der Waals surface area contributed by atoms with E-state index in [-0.39, 0.29) is 16.8 Å². The summed E-state index contributed by atoms with van der Waals surface area (Å²) < 4.78 is 38.6. The number of rotatable bonds is 3. The van der Waals surface area contributed by atoms with Crippen LogP contribution in [0.4, 0.5) is 18.9 Å². The lowest BCUT2D eigenvalue weighted by molar-refractivity contribution is -0.136. The first-order valence-corrected chi connectivity index (χ1v) is 6.68. The van der Waals surface area contributed by atoms with Crippen molar-refractivity contribution in [2.45, 2.75) is 31.5 Å². The molecule has 0 bridgehead atoms. The van der Waals surface area contributed by atoms with Crippen LogP contribution in [-0.2, 0) is 6.18 Å². The number of nitrogens with one attached hydrogen (secondary N) is 2. The topological polar surface area (TPSA) is 24.1 Å². The summed E-state index contributed by atoms with van der Waals surface area (Å²) in [5.74, 6) is 0. The molecular weight excluding hydrogens is 277 g/mol. The molecule has 106 valence electrons. The molecule has 2 nitrogen and oxygen atoms in total. The van der Waals surface area contributed by atoms with Crippen LogP contribution >= 0.6 is 11.6 Å². The number of alkyl halides is 3. The Morgan fingerprint density at radius 2 is 2.11 bits per heavy atom. The van der Waals surface area contributed by atoms with Crippen molar-refractivity contribution >= 4 is 17.3 Å². The van der Waals surface area contributed by atoms with Crippen LogP contribution in [0.2, 0.25) is 5.02 Å². The van der Waals surface area contributed by atoms with Gasteiger partial charge in [-0.15, -0.1) is 0 Å². The number of hydrogen-bond acceptors (Lipinski definition) is 2. The molecule has 1 unspecified atom stereocenters. The Kier molecular flexibility index (Phi) is 4.58. The monoisotopic (exact) mass is 292 g/mol. The molecule has 1 fully saturated rings. The maximum absolute atomic E-state index is 12.9. The van der Waals surface area contributed by atoms with Crippen molar-refractivity contribution in [2.24, 2.45) is 0 Å². The summed E-state index contributed by atoms with van der Waals surface area (Å²) in [6.07, 6.45) is -1.16. The molecule has 1 saturated heterocycles. The summed E-state index contributed by atoms with van der Waals surface area (Å²) >= 11 is 5.63. The minimum absolute atomic E-state index is 0.0873. The Hall–Kier alpha value is -0.940. The summed E-state index contributed by atoms with van der Waals surface area (Å²) in [5.41, 5.74) is -0.625. The first kappa shape index (κ1) is 14.5. The third-order valence-corrected chi connectivity index (χ3v) is 3.47. The van der Waals surface area contributed by atoms with Crippen molar-refractivity contribution in [3.63, 3.8) is 0 Å². The molecule has 1 aromatic carbocycles. The van der Waals surface area contributed by atoms with Gasteiger partial charge in [-0.2, -0.15) is 13.2 Å². The SMILES string of the molecule is FC(F)(F)c1cc(Cl)ccc1NCC1CCCCN1. The van der Waals surface area contributed by atoms with Gasteiger partial charge in [0.25, 0.3) is 0 Å². The second-order valence-corrected chi connectivity index (χ2v) is 5.15. The fraction of sp³-hybridized carbons (Fsp3) is 0.538. The number of piperidine rings is 1. The second kappa shape index (κ2) is 6.01. The van der Waals surface area contributed by atoms with E-state index in [9.17, 15) is 13.2 Å². The Labute approximate surface area is 115 Å². The normalized spacial score (nSPS) is 20.3. The number of benzene rings is 1. The summed E-state index contributed by atoms with van der Waals surface area (Å²) in [4.78, 5) is 0. The second-order valence-electron chi connectivity index (χ2n) is 4.72. The van der Waals surface area contributed by atoms with Crippen LogP contribution in [0.5, 0.6) is 0 Å². The number of halogens is 4. The van der Waals surface area contributed by atoms with Crippen molar-refractivity contribution in [3.05, 3.63) is 28.8 Å². The molecule has 2 N–H and O–H groups in total. The Morgan fingerprint density at radius 3 is 2.74 bits per heavy atom. The van der Waals surface area contributed by atoms with Crippen LogP contribution in [0, 0.1) is 0 Å². The van der Waals surface area contributed by atoms with Gasteiger partial charge in [-0.25, -0.2) is 0 Å². The smallest absolute Gasteiger partial charge is 0.383 e. The van der Waals surface area contributed by atoms with Crippen LogP contribution in [0.25, 0.3) is 0 Å². The lowest BCUT2D eigenvalue weighted by atomic mass is 10.0. The quantitative estimate of drug-likeness (QED) is 0.882. The first-order valence-electron chi connectivity index (χ1n) is 6.31. The molecule has 0 saturated carbocycles. The van der Waals surface area contributed by atoms with Crippen molar-refractivity contribution < 1.29 is 13.2 Å². The third kappa shape index (κ3) is 4.01. The Balaban J connectivity index is 2.06. The molecule has 1 heterocycles. The van der Waals surface area contributed by atoms with Crippen LogP contribution < -0.4 is 10.6 Å². The molecule has 1 aliphatic heterocycles. The van der Waals surface area contributed by atoms with Gasteiger partial charge < -0.3 is 10.6 Å². The fourth-order valence-corrected chi connectivity index (χ4v) is 2.41. The van der Waals surface area contributed by atoms with Gasteiger partial charge in [-0.1, -0.05) is 18.0 Å².